The van der Waals surface area contributed by atoms with Crippen LogP contribution in [-0.4, -0.2) is 11.8 Å². The first-order chi connectivity index (χ1) is 13.5. The second-order valence-corrected chi connectivity index (χ2v) is 6.67. The van der Waals surface area contributed by atoms with Gasteiger partial charge in [-0.3, -0.25) is 4.79 Å². The highest BCUT2D eigenvalue weighted by Gasteiger charge is 2.15. The quantitative estimate of drug-likeness (QED) is 0.318. The topological polar surface area (TPSA) is 46.6 Å². The van der Waals surface area contributed by atoms with Crippen LogP contribution in [0.3, 0.4) is 0 Å². The molecule has 0 saturated heterocycles. The molecule has 0 spiro atoms. The van der Waals surface area contributed by atoms with Crippen LogP contribution in [0.15, 0.2) is 72.8 Å². The van der Waals surface area contributed by atoms with Crippen LogP contribution in [0.2, 0.25) is 0 Å². The molecular formula is C24H23NO3. The minimum absolute atomic E-state index is 0.130. The molecule has 28 heavy (non-hydrogen) atoms. The van der Waals surface area contributed by atoms with Crippen molar-refractivity contribution in [3.8, 4) is 5.75 Å². The number of hydrogen-bond acceptors (Lipinski definition) is 4. The van der Waals surface area contributed by atoms with E-state index in [1.807, 2.05) is 12.1 Å². The number of ether oxygens (including phenoxy) is 1. The first-order valence-corrected chi connectivity index (χ1v) is 9.26. The number of benzene rings is 3. The predicted molar refractivity (Wildman–Crippen MR) is 112 cm³/mol. The smallest absolute Gasteiger partial charge is 0.379 e. The number of Topliss-reactive ketones (excluding diaryl/α,β-unsaturated/α-hetero) is 1. The Kier molecular flexibility index (Phi) is 5.90. The second kappa shape index (κ2) is 8.53. The molecule has 0 fully saturated rings. The van der Waals surface area contributed by atoms with Gasteiger partial charge in [0, 0.05) is 23.5 Å². The second-order valence-electron chi connectivity index (χ2n) is 6.67. The van der Waals surface area contributed by atoms with E-state index in [1.165, 1.54) is 11.1 Å². The summed E-state index contributed by atoms with van der Waals surface area (Å²) in [6.07, 6.45) is 0.130. The Labute approximate surface area is 165 Å². The third kappa shape index (κ3) is 4.46. The van der Waals surface area contributed by atoms with Crippen LogP contribution in [0.4, 0.5) is 17.1 Å². The Morgan fingerprint density at radius 3 is 1.50 bits per heavy atom. The first-order valence-electron chi connectivity index (χ1n) is 9.26. The summed E-state index contributed by atoms with van der Waals surface area (Å²) in [5.74, 6) is -1.02. The highest BCUT2D eigenvalue weighted by Crippen LogP contribution is 2.35. The van der Waals surface area contributed by atoms with E-state index >= 15 is 0 Å². The number of carbonyl (C=O) groups is 2. The van der Waals surface area contributed by atoms with E-state index in [-0.39, 0.29) is 6.42 Å². The lowest BCUT2D eigenvalue weighted by molar-refractivity contribution is -0.146. The van der Waals surface area contributed by atoms with Crippen LogP contribution in [0.5, 0.6) is 5.75 Å². The van der Waals surface area contributed by atoms with Crippen molar-refractivity contribution in [1.82, 2.24) is 0 Å². The van der Waals surface area contributed by atoms with Crippen molar-refractivity contribution >= 4 is 28.8 Å². The molecule has 0 aliphatic heterocycles. The summed E-state index contributed by atoms with van der Waals surface area (Å²) in [6, 6.07) is 23.7. The van der Waals surface area contributed by atoms with E-state index in [1.54, 1.807) is 19.1 Å². The van der Waals surface area contributed by atoms with Crippen molar-refractivity contribution in [2.45, 2.75) is 27.2 Å². The summed E-state index contributed by atoms with van der Waals surface area (Å²) in [7, 11) is 0. The molecule has 0 atom stereocenters. The molecule has 0 radical (unpaired) electrons. The summed E-state index contributed by atoms with van der Waals surface area (Å²) in [5.41, 5.74) is 5.36. The number of ketones is 1. The van der Waals surface area contributed by atoms with Crippen molar-refractivity contribution in [2.75, 3.05) is 4.90 Å². The van der Waals surface area contributed by atoms with Gasteiger partial charge in [0.25, 0.3) is 0 Å². The SMILES string of the molecule is CCC(=O)C(=O)Oc1ccc(N(c2ccc(C)cc2)c2ccc(C)cc2)cc1. The maximum Gasteiger partial charge on any atom is 0.379 e. The maximum atomic E-state index is 11.7. The van der Waals surface area contributed by atoms with Crippen molar-refractivity contribution in [1.29, 1.82) is 0 Å². The van der Waals surface area contributed by atoms with Crippen molar-refractivity contribution < 1.29 is 14.3 Å². The van der Waals surface area contributed by atoms with Crippen LogP contribution in [-0.2, 0) is 9.59 Å². The van der Waals surface area contributed by atoms with Gasteiger partial charge in [0.05, 0.1) is 0 Å². The summed E-state index contributed by atoms with van der Waals surface area (Å²) in [4.78, 5) is 25.2. The van der Waals surface area contributed by atoms with E-state index < -0.39 is 11.8 Å². The monoisotopic (exact) mass is 373 g/mol. The van der Waals surface area contributed by atoms with Gasteiger partial charge in [0.15, 0.2) is 0 Å². The number of carbonyl (C=O) groups excluding carboxylic acids is 2. The highest BCUT2D eigenvalue weighted by atomic mass is 16.5. The van der Waals surface area contributed by atoms with Gasteiger partial charge in [-0.25, -0.2) is 4.79 Å². The van der Waals surface area contributed by atoms with Gasteiger partial charge >= 0.3 is 5.97 Å². The van der Waals surface area contributed by atoms with Crippen molar-refractivity contribution in [2.24, 2.45) is 0 Å². The minimum Gasteiger partial charge on any atom is -0.421 e. The van der Waals surface area contributed by atoms with Crippen LogP contribution < -0.4 is 9.64 Å². The Bertz CT molecular complexity index is 913. The fourth-order valence-electron chi connectivity index (χ4n) is 2.81. The van der Waals surface area contributed by atoms with Gasteiger partial charge in [0.2, 0.25) is 5.78 Å². The number of esters is 1. The number of rotatable bonds is 6. The molecule has 0 aliphatic rings. The van der Waals surface area contributed by atoms with Gasteiger partial charge in [0.1, 0.15) is 5.75 Å². The zero-order valence-electron chi connectivity index (χ0n) is 16.3. The molecule has 142 valence electrons. The van der Waals surface area contributed by atoms with Gasteiger partial charge in [-0.05, 0) is 62.4 Å². The molecule has 4 nitrogen and oxygen atoms in total. The minimum atomic E-state index is -0.829. The van der Waals surface area contributed by atoms with E-state index in [0.29, 0.717) is 5.75 Å². The van der Waals surface area contributed by atoms with Crippen LogP contribution in [0, 0.1) is 13.8 Å². The predicted octanol–water partition coefficient (Wildman–Crippen LogP) is 5.66. The van der Waals surface area contributed by atoms with Gasteiger partial charge in [-0.15, -0.1) is 0 Å². The van der Waals surface area contributed by atoms with E-state index in [2.05, 4.69) is 67.3 Å². The molecule has 3 aromatic rings. The third-order valence-electron chi connectivity index (χ3n) is 4.44. The average Bonchev–Trinajstić information content (AvgIpc) is 2.71. The molecule has 0 unspecified atom stereocenters. The number of hydrogen-bond donors (Lipinski definition) is 0. The Morgan fingerprint density at radius 2 is 1.11 bits per heavy atom. The molecule has 0 saturated carbocycles. The molecule has 0 heterocycles. The van der Waals surface area contributed by atoms with Gasteiger partial charge in [-0.2, -0.15) is 0 Å². The maximum absolute atomic E-state index is 11.7. The summed E-state index contributed by atoms with van der Waals surface area (Å²) in [6.45, 7) is 5.75. The number of aryl methyl sites for hydroxylation is 2. The molecule has 4 heteroatoms. The molecule has 0 bridgehead atoms. The van der Waals surface area contributed by atoms with Crippen LogP contribution in [0.1, 0.15) is 24.5 Å². The van der Waals surface area contributed by atoms with Crippen LogP contribution in [0.25, 0.3) is 0 Å². The van der Waals surface area contributed by atoms with Crippen molar-refractivity contribution in [3.63, 3.8) is 0 Å². The van der Waals surface area contributed by atoms with Crippen LogP contribution >= 0.6 is 0 Å². The molecule has 3 aromatic carbocycles. The molecule has 0 aliphatic carbocycles. The number of nitrogens with zero attached hydrogens (tertiary/aromatic N) is 1. The summed E-state index contributed by atoms with van der Waals surface area (Å²) in [5, 5.41) is 0. The van der Waals surface area contributed by atoms with E-state index in [4.69, 9.17) is 4.74 Å². The third-order valence-corrected chi connectivity index (χ3v) is 4.44. The lowest BCUT2D eigenvalue weighted by Gasteiger charge is -2.25. The first kappa shape index (κ1) is 19.4. The summed E-state index contributed by atoms with van der Waals surface area (Å²) < 4.78 is 5.14. The normalized spacial score (nSPS) is 10.4. The molecule has 0 amide bonds. The summed E-state index contributed by atoms with van der Waals surface area (Å²) >= 11 is 0. The Balaban J connectivity index is 1.94. The zero-order valence-corrected chi connectivity index (χ0v) is 16.3. The lowest BCUT2D eigenvalue weighted by atomic mass is 10.1. The standard InChI is InChI=1S/C24H23NO3/c1-4-23(26)24(27)28-22-15-13-21(14-16-22)25(19-9-5-17(2)6-10-19)20-11-7-18(3)8-12-20/h5-16H,4H2,1-3H3. The lowest BCUT2D eigenvalue weighted by Crippen LogP contribution is -2.19. The van der Waals surface area contributed by atoms with E-state index in [0.717, 1.165) is 17.1 Å². The fourth-order valence-corrected chi connectivity index (χ4v) is 2.81. The Hall–Kier alpha value is -3.40. The van der Waals surface area contributed by atoms with Crippen molar-refractivity contribution in [3.05, 3.63) is 83.9 Å². The average molecular weight is 373 g/mol. The largest absolute Gasteiger partial charge is 0.421 e. The number of anilines is 3. The zero-order chi connectivity index (χ0) is 20.1. The van der Waals surface area contributed by atoms with Gasteiger partial charge < -0.3 is 9.64 Å². The Morgan fingerprint density at radius 1 is 0.714 bits per heavy atom. The fraction of sp³-hybridized carbons (Fsp3) is 0.167. The van der Waals surface area contributed by atoms with E-state index in [9.17, 15) is 9.59 Å². The van der Waals surface area contributed by atoms with Gasteiger partial charge in [-0.1, -0.05) is 42.3 Å². The highest BCUT2D eigenvalue weighted by molar-refractivity contribution is 6.34. The molecule has 0 N–H and O–H groups in total. The molecule has 0 aromatic heterocycles. The molecular weight excluding hydrogens is 350 g/mol. The molecule has 3 rings (SSSR count).